The zero-order valence-electron chi connectivity index (χ0n) is 12.2. The van der Waals surface area contributed by atoms with Crippen LogP contribution in [0.4, 0.5) is 5.69 Å². The van der Waals surface area contributed by atoms with Gasteiger partial charge in [0, 0.05) is 11.3 Å². The number of anilines is 1. The molecule has 0 aliphatic rings. The highest BCUT2D eigenvalue weighted by molar-refractivity contribution is 6.06. The number of benzene rings is 2. The van der Waals surface area contributed by atoms with Gasteiger partial charge in [0.15, 0.2) is 6.10 Å². The number of ether oxygens (including phenoxy) is 1. The average molecular weight is 299 g/mol. The molecule has 0 radical (unpaired) electrons. The minimum absolute atomic E-state index is 0.176. The van der Waals surface area contributed by atoms with Crippen LogP contribution in [0.15, 0.2) is 60.7 Å². The second-order valence-electron chi connectivity index (χ2n) is 4.66. The Morgan fingerprint density at radius 3 is 2.14 bits per heavy atom. The Morgan fingerprint density at radius 2 is 1.59 bits per heavy atom. The van der Waals surface area contributed by atoms with Crippen LogP contribution in [0.5, 0.6) is 0 Å². The molecule has 1 atom stereocenters. The first kappa shape index (κ1) is 15.7. The van der Waals surface area contributed by atoms with Crippen LogP contribution >= 0.6 is 0 Å². The third-order valence-corrected chi connectivity index (χ3v) is 3.16. The van der Waals surface area contributed by atoms with Gasteiger partial charge in [-0.15, -0.1) is 0 Å². The van der Waals surface area contributed by atoms with Gasteiger partial charge in [0.1, 0.15) is 0 Å². The Kier molecular flexibility index (Phi) is 5.27. The van der Waals surface area contributed by atoms with E-state index in [-0.39, 0.29) is 12.5 Å². The second-order valence-corrected chi connectivity index (χ2v) is 4.66. The number of esters is 1. The van der Waals surface area contributed by atoms with Crippen LogP contribution in [0.2, 0.25) is 0 Å². The topological polar surface area (TPSA) is 66.8 Å². The Bertz CT molecular complexity index is 628. The van der Waals surface area contributed by atoms with Crippen LogP contribution in [-0.4, -0.2) is 36.7 Å². The molecule has 1 amide bonds. The van der Waals surface area contributed by atoms with Crippen molar-refractivity contribution in [3.63, 3.8) is 0 Å². The fraction of sp³-hybridized carbons (Fsp3) is 0.176. The molecule has 1 N–H and O–H groups in total. The minimum Gasteiger partial charge on any atom is -0.467 e. The molecule has 0 aromatic heterocycles. The number of carbonyl (C=O) groups excluding carboxylic acids is 2. The van der Waals surface area contributed by atoms with Gasteiger partial charge in [0.05, 0.1) is 13.7 Å². The highest BCUT2D eigenvalue weighted by atomic mass is 16.5. The van der Waals surface area contributed by atoms with Crippen molar-refractivity contribution in [1.82, 2.24) is 0 Å². The Labute approximate surface area is 128 Å². The number of hydrogen-bond acceptors (Lipinski definition) is 4. The first-order chi connectivity index (χ1) is 10.6. The summed E-state index contributed by atoms with van der Waals surface area (Å²) < 4.78 is 4.51. The number of methoxy groups -OCH3 is 1. The van der Waals surface area contributed by atoms with Gasteiger partial charge in [-0.1, -0.05) is 36.4 Å². The van der Waals surface area contributed by atoms with Crippen LogP contribution in [0, 0.1) is 0 Å². The average Bonchev–Trinajstić information content (AvgIpc) is 2.59. The lowest BCUT2D eigenvalue weighted by atomic mass is 10.1. The third kappa shape index (κ3) is 3.71. The van der Waals surface area contributed by atoms with Gasteiger partial charge >= 0.3 is 5.97 Å². The number of rotatable bonds is 5. The van der Waals surface area contributed by atoms with Crippen LogP contribution in [-0.2, 0) is 9.53 Å². The lowest BCUT2D eigenvalue weighted by Gasteiger charge is -2.24. The zero-order chi connectivity index (χ0) is 15.9. The van der Waals surface area contributed by atoms with Crippen molar-refractivity contribution in [3.8, 4) is 0 Å². The van der Waals surface area contributed by atoms with Crippen LogP contribution in [0.1, 0.15) is 10.4 Å². The SMILES string of the molecule is COC(=O)C(O)CN(C(=O)c1ccccc1)c1ccccc1. The highest BCUT2D eigenvalue weighted by Gasteiger charge is 2.25. The number of para-hydroxylation sites is 1. The van der Waals surface area contributed by atoms with Gasteiger partial charge in [-0.3, -0.25) is 4.79 Å². The van der Waals surface area contributed by atoms with Crippen molar-refractivity contribution in [2.24, 2.45) is 0 Å². The molecular weight excluding hydrogens is 282 g/mol. The summed E-state index contributed by atoms with van der Waals surface area (Å²) in [6.07, 6.45) is -1.40. The van der Waals surface area contributed by atoms with E-state index in [1.165, 1.54) is 12.0 Å². The molecule has 1 unspecified atom stereocenters. The molecule has 0 aliphatic heterocycles. The van der Waals surface area contributed by atoms with Gasteiger partial charge < -0.3 is 14.7 Å². The molecule has 2 aromatic carbocycles. The van der Waals surface area contributed by atoms with Crippen molar-refractivity contribution in [2.75, 3.05) is 18.6 Å². The Hall–Kier alpha value is -2.66. The smallest absolute Gasteiger partial charge is 0.336 e. The van der Waals surface area contributed by atoms with Gasteiger partial charge in [0.25, 0.3) is 5.91 Å². The van der Waals surface area contributed by atoms with Crippen LogP contribution in [0.25, 0.3) is 0 Å². The lowest BCUT2D eigenvalue weighted by Crippen LogP contribution is -2.41. The van der Waals surface area contributed by atoms with Gasteiger partial charge in [0.2, 0.25) is 0 Å². The summed E-state index contributed by atoms with van der Waals surface area (Å²) in [5, 5.41) is 9.88. The standard InChI is InChI=1S/C17H17NO4/c1-22-17(21)15(19)12-18(14-10-6-3-7-11-14)16(20)13-8-4-2-5-9-13/h2-11,15,19H,12H2,1H3. The van der Waals surface area contributed by atoms with Crippen molar-refractivity contribution >= 4 is 17.6 Å². The molecule has 2 aromatic rings. The fourth-order valence-corrected chi connectivity index (χ4v) is 2.03. The number of amides is 1. The molecule has 5 nitrogen and oxygen atoms in total. The molecule has 0 bridgehead atoms. The minimum atomic E-state index is -1.40. The lowest BCUT2D eigenvalue weighted by molar-refractivity contribution is -0.149. The molecule has 0 saturated carbocycles. The van der Waals surface area contributed by atoms with E-state index in [1.807, 2.05) is 12.1 Å². The van der Waals surface area contributed by atoms with Crippen LogP contribution in [0.3, 0.4) is 0 Å². The summed E-state index contributed by atoms with van der Waals surface area (Å²) in [5.41, 5.74) is 1.07. The molecule has 0 spiro atoms. The fourth-order valence-electron chi connectivity index (χ4n) is 2.03. The molecule has 2 rings (SSSR count). The summed E-state index contributed by atoms with van der Waals surface area (Å²) >= 11 is 0. The zero-order valence-corrected chi connectivity index (χ0v) is 12.2. The van der Waals surface area contributed by atoms with E-state index in [0.717, 1.165) is 0 Å². The number of aliphatic hydroxyl groups is 1. The molecule has 22 heavy (non-hydrogen) atoms. The van der Waals surface area contributed by atoms with Crippen molar-refractivity contribution in [3.05, 3.63) is 66.2 Å². The molecule has 0 aliphatic carbocycles. The number of aliphatic hydroxyl groups excluding tert-OH is 1. The van der Waals surface area contributed by atoms with E-state index in [4.69, 9.17) is 0 Å². The first-order valence-corrected chi connectivity index (χ1v) is 6.81. The predicted molar refractivity (Wildman–Crippen MR) is 82.6 cm³/mol. The monoisotopic (exact) mass is 299 g/mol. The summed E-state index contributed by atoms with van der Waals surface area (Å²) in [5.74, 6) is -1.07. The largest absolute Gasteiger partial charge is 0.467 e. The predicted octanol–water partition coefficient (Wildman–Crippen LogP) is 1.87. The maximum absolute atomic E-state index is 12.7. The maximum Gasteiger partial charge on any atom is 0.336 e. The van der Waals surface area contributed by atoms with Gasteiger partial charge in [-0.05, 0) is 24.3 Å². The summed E-state index contributed by atoms with van der Waals surface area (Å²) in [7, 11) is 1.19. The Balaban J connectivity index is 2.30. The highest BCUT2D eigenvalue weighted by Crippen LogP contribution is 2.17. The molecular formula is C17H17NO4. The van der Waals surface area contributed by atoms with Crippen molar-refractivity contribution in [2.45, 2.75) is 6.10 Å². The number of hydrogen-bond donors (Lipinski definition) is 1. The number of carbonyl (C=O) groups is 2. The quantitative estimate of drug-likeness (QED) is 0.856. The van der Waals surface area contributed by atoms with E-state index in [1.54, 1.807) is 48.5 Å². The van der Waals surface area contributed by atoms with Gasteiger partial charge in [-0.25, -0.2) is 4.79 Å². The third-order valence-electron chi connectivity index (χ3n) is 3.16. The molecule has 0 heterocycles. The summed E-state index contributed by atoms with van der Waals surface area (Å²) in [4.78, 5) is 25.4. The molecule has 0 saturated heterocycles. The maximum atomic E-state index is 12.7. The van der Waals surface area contributed by atoms with Crippen molar-refractivity contribution < 1.29 is 19.4 Å². The second kappa shape index (κ2) is 7.38. The van der Waals surface area contributed by atoms with Crippen molar-refractivity contribution in [1.29, 1.82) is 0 Å². The van der Waals surface area contributed by atoms with E-state index in [9.17, 15) is 14.7 Å². The molecule has 114 valence electrons. The van der Waals surface area contributed by atoms with Gasteiger partial charge in [-0.2, -0.15) is 0 Å². The van der Waals surface area contributed by atoms with E-state index in [0.29, 0.717) is 11.3 Å². The van der Waals surface area contributed by atoms with E-state index < -0.39 is 12.1 Å². The molecule has 5 heteroatoms. The first-order valence-electron chi connectivity index (χ1n) is 6.81. The summed E-state index contributed by atoms with van der Waals surface area (Å²) in [6.45, 7) is -0.176. The van der Waals surface area contributed by atoms with Crippen LogP contribution < -0.4 is 4.90 Å². The van der Waals surface area contributed by atoms with E-state index in [2.05, 4.69) is 4.74 Å². The number of nitrogens with zero attached hydrogens (tertiary/aromatic N) is 1. The normalized spacial score (nSPS) is 11.5. The Morgan fingerprint density at radius 1 is 1.05 bits per heavy atom. The summed E-state index contributed by atoms with van der Waals surface area (Å²) in [6, 6.07) is 17.6. The molecule has 0 fully saturated rings. The van der Waals surface area contributed by atoms with E-state index >= 15 is 0 Å².